The standard InChI is InChI=1S/C14H21N2O/c1-16(11-12-5-3-2-4-6-12)14(17)13-7-9-15-10-8-13/h3-6,13,15H,2,7-11H2,1H3. The molecule has 0 atom stereocenters. The van der Waals surface area contributed by atoms with E-state index >= 15 is 0 Å². The number of carbonyl (C=O) groups is 1. The Morgan fingerprint density at radius 2 is 2.24 bits per heavy atom. The Hall–Kier alpha value is -1.09. The first kappa shape index (κ1) is 12.4. The van der Waals surface area contributed by atoms with Crippen molar-refractivity contribution in [2.75, 3.05) is 26.7 Å². The van der Waals surface area contributed by atoms with Crippen LogP contribution in [0.25, 0.3) is 0 Å². The van der Waals surface area contributed by atoms with E-state index in [1.807, 2.05) is 11.9 Å². The SMILES string of the molecule is CN(CC1=C[CH]CC=C1)C(=O)C1CCNCC1. The van der Waals surface area contributed by atoms with E-state index < -0.39 is 0 Å². The fourth-order valence-corrected chi connectivity index (χ4v) is 2.41. The number of nitrogens with zero attached hydrogens (tertiary/aromatic N) is 1. The molecule has 17 heavy (non-hydrogen) atoms. The van der Waals surface area contributed by atoms with Crippen molar-refractivity contribution in [1.29, 1.82) is 0 Å². The number of allylic oxidation sites excluding steroid dienone is 2. The Morgan fingerprint density at radius 1 is 1.47 bits per heavy atom. The van der Waals surface area contributed by atoms with Crippen LogP contribution in [0.5, 0.6) is 0 Å². The second-order valence-corrected chi connectivity index (χ2v) is 4.83. The van der Waals surface area contributed by atoms with Crippen molar-refractivity contribution in [3.05, 3.63) is 30.2 Å². The second kappa shape index (κ2) is 6.01. The molecule has 1 N–H and O–H groups in total. The zero-order valence-corrected chi connectivity index (χ0v) is 10.5. The summed E-state index contributed by atoms with van der Waals surface area (Å²) in [6.45, 7) is 2.68. The van der Waals surface area contributed by atoms with Crippen molar-refractivity contribution < 1.29 is 4.79 Å². The zero-order chi connectivity index (χ0) is 12.1. The molecule has 0 aromatic carbocycles. The quantitative estimate of drug-likeness (QED) is 0.802. The second-order valence-electron chi connectivity index (χ2n) is 4.83. The van der Waals surface area contributed by atoms with Crippen LogP contribution in [0.3, 0.4) is 0 Å². The monoisotopic (exact) mass is 233 g/mol. The van der Waals surface area contributed by atoms with E-state index in [2.05, 4.69) is 30.0 Å². The summed E-state index contributed by atoms with van der Waals surface area (Å²) in [5.74, 6) is 0.518. The molecule has 93 valence electrons. The smallest absolute Gasteiger partial charge is 0.225 e. The Morgan fingerprint density at radius 3 is 2.88 bits per heavy atom. The van der Waals surface area contributed by atoms with Gasteiger partial charge in [-0.2, -0.15) is 0 Å². The number of piperidine rings is 1. The van der Waals surface area contributed by atoms with E-state index in [4.69, 9.17) is 0 Å². The van der Waals surface area contributed by atoms with Gasteiger partial charge in [0.05, 0.1) is 0 Å². The van der Waals surface area contributed by atoms with Crippen molar-refractivity contribution in [2.45, 2.75) is 19.3 Å². The lowest BCUT2D eigenvalue weighted by molar-refractivity contribution is -0.134. The molecule has 0 saturated carbocycles. The van der Waals surface area contributed by atoms with Gasteiger partial charge in [0.25, 0.3) is 0 Å². The van der Waals surface area contributed by atoms with E-state index in [1.165, 1.54) is 5.57 Å². The predicted octanol–water partition coefficient (Wildman–Crippen LogP) is 1.53. The van der Waals surface area contributed by atoms with Gasteiger partial charge in [-0.15, -0.1) is 0 Å². The van der Waals surface area contributed by atoms with Crippen molar-refractivity contribution in [2.24, 2.45) is 5.92 Å². The fourth-order valence-electron chi connectivity index (χ4n) is 2.41. The molecule has 1 radical (unpaired) electrons. The zero-order valence-electron chi connectivity index (χ0n) is 10.5. The average Bonchev–Trinajstić information content (AvgIpc) is 2.40. The normalized spacial score (nSPS) is 21.1. The summed E-state index contributed by atoms with van der Waals surface area (Å²) < 4.78 is 0. The first-order chi connectivity index (χ1) is 8.27. The molecule has 3 nitrogen and oxygen atoms in total. The van der Waals surface area contributed by atoms with Crippen LogP contribution in [0.15, 0.2) is 23.8 Å². The number of likely N-dealkylation sites (N-methyl/N-ethyl adjacent to an activating group) is 1. The summed E-state index contributed by atoms with van der Waals surface area (Å²) >= 11 is 0. The molecule has 0 aromatic rings. The lowest BCUT2D eigenvalue weighted by Crippen LogP contribution is -2.39. The van der Waals surface area contributed by atoms with Crippen LogP contribution in [0.4, 0.5) is 0 Å². The molecular formula is C14H21N2O. The summed E-state index contributed by atoms with van der Waals surface area (Å²) in [6, 6.07) is 0. The van der Waals surface area contributed by atoms with Gasteiger partial charge in [0.15, 0.2) is 0 Å². The molecule has 1 aliphatic heterocycles. The maximum absolute atomic E-state index is 12.2. The highest BCUT2D eigenvalue weighted by Crippen LogP contribution is 2.16. The van der Waals surface area contributed by atoms with Crippen LogP contribution < -0.4 is 5.32 Å². The number of hydrogen-bond donors (Lipinski definition) is 1. The van der Waals surface area contributed by atoms with Crippen molar-refractivity contribution >= 4 is 5.91 Å². The number of hydrogen-bond acceptors (Lipinski definition) is 2. The number of amides is 1. The summed E-state index contributed by atoms with van der Waals surface area (Å²) in [5, 5.41) is 3.29. The molecule has 2 rings (SSSR count). The van der Waals surface area contributed by atoms with Crippen LogP contribution >= 0.6 is 0 Å². The minimum atomic E-state index is 0.221. The van der Waals surface area contributed by atoms with Gasteiger partial charge in [-0.3, -0.25) is 4.79 Å². The molecule has 1 amide bonds. The van der Waals surface area contributed by atoms with E-state index in [0.29, 0.717) is 5.91 Å². The van der Waals surface area contributed by atoms with Crippen LogP contribution in [0.2, 0.25) is 0 Å². The van der Waals surface area contributed by atoms with Gasteiger partial charge in [0.1, 0.15) is 0 Å². The minimum absolute atomic E-state index is 0.221. The van der Waals surface area contributed by atoms with Crippen LogP contribution in [-0.2, 0) is 4.79 Å². The molecule has 0 spiro atoms. The summed E-state index contributed by atoms with van der Waals surface area (Å²) in [6.07, 6.45) is 11.5. The van der Waals surface area contributed by atoms with Gasteiger partial charge in [0.2, 0.25) is 5.91 Å². The summed E-state index contributed by atoms with van der Waals surface area (Å²) in [5.41, 5.74) is 1.22. The molecule has 1 aliphatic carbocycles. The van der Waals surface area contributed by atoms with E-state index in [9.17, 15) is 4.79 Å². The Bertz CT molecular complexity index is 327. The average molecular weight is 233 g/mol. The van der Waals surface area contributed by atoms with Gasteiger partial charge >= 0.3 is 0 Å². The van der Waals surface area contributed by atoms with Crippen molar-refractivity contribution in [1.82, 2.24) is 10.2 Å². The van der Waals surface area contributed by atoms with Crippen LogP contribution in [-0.4, -0.2) is 37.5 Å². The van der Waals surface area contributed by atoms with Crippen molar-refractivity contribution in [3.63, 3.8) is 0 Å². The molecule has 0 unspecified atom stereocenters. The number of carbonyl (C=O) groups excluding carboxylic acids is 1. The first-order valence-electron chi connectivity index (χ1n) is 6.42. The third-order valence-corrected chi connectivity index (χ3v) is 3.42. The van der Waals surface area contributed by atoms with Gasteiger partial charge in [-0.05, 0) is 44.3 Å². The Kier molecular flexibility index (Phi) is 4.37. The van der Waals surface area contributed by atoms with Crippen molar-refractivity contribution in [3.8, 4) is 0 Å². The molecule has 1 fully saturated rings. The maximum Gasteiger partial charge on any atom is 0.225 e. The molecule has 2 aliphatic rings. The largest absolute Gasteiger partial charge is 0.341 e. The molecule has 0 aromatic heterocycles. The topological polar surface area (TPSA) is 32.3 Å². The van der Waals surface area contributed by atoms with E-state index in [-0.39, 0.29) is 5.92 Å². The Balaban J connectivity index is 1.85. The molecule has 1 heterocycles. The fraction of sp³-hybridized carbons (Fsp3) is 0.571. The van der Waals surface area contributed by atoms with Crippen LogP contribution in [0.1, 0.15) is 19.3 Å². The van der Waals surface area contributed by atoms with Crippen LogP contribution in [0, 0.1) is 12.3 Å². The lowest BCUT2D eigenvalue weighted by atomic mass is 9.96. The highest BCUT2D eigenvalue weighted by molar-refractivity contribution is 5.79. The van der Waals surface area contributed by atoms with Gasteiger partial charge in [0, 0.05) is 19.5 Å². The number of rotatable bonds is 3. The summed E-state index contributed by atoms with van der Waals surface area (Å²) in [7, 11) is 1.91. The maximum atomic E-state index is 12.2. The minimum Gasteiger partial charge on any atom is -0.341 e. The van der Waals surface area contributed by atoms with Gasteiger partial charge in [-0.25, -0.2) is 0 Å². The first-order valence-corrected chi connectivity index (χ1v) is 6.42. The van der Waals surface area contributed by atoms with Gasteiger partial charge in [-0.1, -0.05) is 18.2 Å². The highest BCUT2D eigenvalue weighted by atomic mass is 16.2. The van der Waals surface area contributed by atoms with Gasteiger partial charge < -0.3 is 10.2 Å². The van der Waals surface area contributed by atoms with E-state index in [0.717, 1.165) is 38.9 Å². The number of nitrogens with one attached hydrogen (secondary N) is 1. The Labute approximate surface area is 104 Å². The molecule has 1 saturated heterocycles. The van der Waals surface area contributed by atoms with E-state index in [1.54, 1.807) is 0 Å². The third kappa shape index (κ3) is 3.43. The molecular weight excluding hydrogens is 212 g/mol. The highest BCUT2D eigenvalue weighted by Gasteiger charge is 2.23. The molecule has 3 heteroatoms. The molecule has 0 bridgehead atoms. The predicted molar refractivity (Wildman–Crippen MR) is 69.4 cm³/mol. The lowest BCUT2D eigenvalue weighted by Gasteiger charge is -2.27. The third-order valence-electron chi connectivity index (χ3n) is 3.42. The summed E-state index contributed by atoms with van der Waals surface area (Å²) in [4.78, 5) is 14.1.